The van der Waals surface area contributed by atoms with Gasteiger partial charge in [-0.25, -0.2) is 4.63 Å². The van der Waals surface area contributed by atoms with E-state index in [1.165, 1.54) is 0 Å². The van der Waals surface area contributed by atoms with E-state index in [1.54, 1.807) is 19.5 Å². The third-order valence-corrected chi connectivity index (χ3v) is 4.46. The Kier molecular flexibility index (Phi) is 5.67. The Balaban J connectivity index is 1.62. The highest BCUT2D eigenvalue weighted by Gasteiger charge is 2.37. The highest BCUT2D eigenvalue weighted by atomic mass is 16.6. The molecule has 3 heterocycles. The van der Waals surface area contributed by atoms with E-state index in [1.807, 2.05) is 13.0 Å². The Labute approximate surface area is 151 Å². The number of amides is 2. The minimum absolute atomic E-state index is 0.0238. The van der Waals surface area contributed by atoms with Gasteiger partial charge in [0, 0.05) is 31.2 Å². The van der Waals surface area contributed by atoms with Gasteiger partial charge < -0.3 is 15.1 Å². The first-order valence-electron chi connectivity index (χ1n) is 8.67. The number of aryl methyl sites for hydroxylation is 1. The molecule has 0 aliphatic carbocycles. The van der Waals surface area contributed by atoms with Crippen LogP contribution in [-0.2, 0) is 22.6 Å². The molecule has 9 nitrogen and oxygen atoms in total. The van der Waals surface area contributed by atoms with Crippen molar-refractivity contribution in [1.29, 1.82) is 0 Å². The van der Waals surface area contributed by atoms with E-state index in [4.69, 9.17) is 4.42 Å². The summed E-state index contributed by atoms with van der Waals surface area (Å²) in [4.78, 5) is 26.7. The molecule has 2 N–H and O–H groups in total. The summed E-state index contributed by atoms with van der Waals surface area (Å²) in [6.07, 6.45) is 3.95. The molecule has 0 aromatic carbocycles. The van der Waals surface area contributed by atoms with Gasteiger partial charge in [-0.1, -0.05) is 10.3 Å². The third kappa shape index (κ3) is 4.29. The number of nitrogens with zero attached hydrogens (tertiary/aromatic N) is 3. The van der Waals surface area contributed by atoms with Gasteiger partial charge in [0.2, 0.25) is 11.8 Å². The number of likely N-dealkylation sites (N-methyl/N-ethyl adjacent to an activating group) is 1. The molecule has 9 heteroatoms. The Morgan fingerprint density at radius 3 is 2.88 bits per heavy atom. The van der Waals surface area contributed by atoms with Crippen molar-refractivity contribution in [3.8, 4) is 0 Å². The topological polar surface area (TPSA) is 114 Å². The van der Waals surface area contributed by atoms with E-state index in [0.29, 0.717) is 37.4 Å². The Morgan fingerprint density at radius 2 is 2.23 bits per heavy atom. The lowest BCUT2D eigenvalue weighted by molar-refractivity contribution is -0.125. The van der Waals surface area contributed by atoms with E-state index >= 15 is 0 Å². The number of nitrogens with one attached hydrogen (secondary N) is 2. The van der Waals surface area contributed by atoms with Gasteiger partial charge in [-0.15, -0.1) is 0 Å². The van der Waals surface area contributed by atoms with Crippen LogP contribution >= 0.6 is 0 Å². The van der Waals surface area contributed by atoms with Gasteiger partial charge in [0.15, 0.2) is 0 Å². The first-order valence-corrected chi connectivity index (χ1v) is 8.67. The molecule has 3 rings (SSSR count). The van der Waals surface area contributed by atoms with Crippen molar-refractivity contribution in [2.75, 3.05) is 13.1 Å². The second-order valence-electron chi connectivity index (χ2n) is 6.44. The second-order valence-corrected chi connectivity index (χ2v) is 6.44. The van der Waals surface area contributed by atoms with Gasteiger partial charge in [-0.05, 0) is 26.3 Å². The summed E-state index contributed by atoms with van der Waals surface area (Å²) in [5, 5.41) is 13.3. The van der Waals surface area contributed by atoms with Crippen LogP contribution in [0, 0.1) is 6.92 Å². The average Bonchev–Trinajstić information content (AvgIpc) is 3.32. The van der Waals surface area contributed by atoms with Crippen LogP contribution < -0.4 is 10.6 Å². The summed E-state index contributed by atoms with van der Waals surface area (Å²) in [5.74, 6) is -0.182. The van der Waals surface area contributed by atoms with Crippen LogP contribution in [0.5, 0.6) is 0 Å². The van der Waals surface area contributed by atoms with Crippen LogP contribution in [0.4, 0.5) is 0 Å². The fraction of sp³-hybridized carbons (Fsp3) is 0.529. The number of hydrogen-bond acceptors (Lipinski definition) is 7. The van der Waals surface area contributed by atoms with E-state index in [0.717, 1.165) is 5.56 Å². The van der Waals surface area contributed by atoms with Crippen LogP contribution in [0.15, 0.2) is 27.6 Å². The predicted octanol–water partition coefficient (Wildman–Crippen LogP) is 0.409. The molecule has 0 radical (unpaired) electrons. The molecule has 2 aromatic rings. The van der Waals surface area contributed by atoms with E-state index < -0.39 is 0 Å². The molecule has 1 fully saturated rings. The van der Waals surface area contributed by atoms with Crippen molar-refractivity contribution in [1.82, 2.24) is 25.8 Å². The summed E-state index contributed by atoms with van der Waals surface area (Å²) < 4.78 is 9.73. The average molecular weight is 361 g/mol. The first kappa shape index (κ1) is 18.1. The minimum Gasteiger partial charge on any atom is -0.472 e. The van der Waals surface area contributed by atoms with Gasteiger partial charge in [0.25, 0.3) is 0 Å². The SMILES string of the molecule is CCNC(=O)[C@@H]1C[C@@H](NC(=O)Cc2nonc2C)CN1Cc1ccoc1. The smallest absolute Gasteiger partial charge is 0.237 e. The second kappa shape index (κ2) is 8.13. The monoisotopic (exact) mass is 361 g/mol. The molecule has 0 unspecified atom stereocenters. The van der Waals surface area contributed by atoms with Gasteiger partial charge in [-0.3, -0.25) is 14.5 Å². The third-order valence-electron chi connectivity index (χ3n) is 4.46. The van der Waals surface area contributed by atoms with Gasteiger partial charge >= 0.3 is 0 Å². The summed E-state index contributed by atoms with van der Waals surface area (Å²) in [6, 6.07) is 1.48. The lowest BCUT2D eigenvalue weighted by Crippen LogP contribution is -2.42. The maximum absolute atomic E-state index is 12.4. The van der Waals surface area contributed by atoms with Gasteiger partial charge in [-0.2, -0.15) is 0 Å². The molecule has 1 saturated heterocycles. The highest BCUT2D eigenvalue weighted by Crippen LogP contribution is 2.21. The molecular formula is C17H23N5O4. The van der Waals surface area contributed by atoms with Crippen molar-refractivity contribution >= 4 is 11.8 Å². The predicted molar refractivity (Wildman–Crippen MR) is 90.9 cm³/mol. The van der Waals surface area contributed by atoms with Crippen molar-refractivity contribution in [2.45, 2.75) is 45.3 Å². The number of likely N-dealkylation sites (tertiary alicyclic amines) is 1. The zero-order chi connectivity index (χ0) is 18.5. The molecular weight excluding hydrogens is 338 g/mol. The molecule has 0 spiro atoms. The lowest BCUT2D eigenvalue weighted by atomic mass is 10.1. The number of aromatic nitrogens is 2. The minimum atomic E-state index is -0.286. The Hall–Kier alpha value is -2.68. The summed E-state index contributed by atoms with van der Waals surface area (Å²) in [6.45, 7) is 5.39. The van der Waals surface area contributed by atoms with Crippen molar-refractivity contribution in [3.63, 3.8) is 0 Å². The number of rotatable bonds is 7. The van der Waals surface area contributed by atoms with Crippen LogP contribution in [0.25, 0.3) is 0 Å². The maximum atomic E-state index is 12.4. The summed E-state index contributed by atoms with van der Waals surface area (Å²) in [7, 11) is 0. The molecule has 2 amide bonds. The Bertz CT molecular complexity index is 742. The number of carbonyl (C=O) groups excluding carboxylic acids is 2. The number of furan rings is 1. The maximum Gasteiger partial charge on any atom is 0.237 e. The summed E-state index contributed by atoms with van der Waals surface area (Å²) >= 11 is 0. The lowest BCUT2D eigenvalue weighted by Gasteiger charge is -2.22. The van der Waals surface area contributed by atoms with Crippen LogP contribution in [0.1, 0.15) is 30.3 Å². The molecule has 26 heavy (non-hydrogen) atoms. The first-order chi connectivity index (χ1) is 12.6. The molecule has 1 aliphatic rings. The molecule has 2 aromatic heterocycles. The zero-order valence-corrected chi connectivity index (χ0v) is 14.9. The van der Waals surface area contributed by atoms with Crippen molar-refractivity contribution in [3.05, 3.63) is 35.5 Å². The zero-order valence-electron chi connectivity index (χ0n) is 14.9. The van der Waals surface area contributed by atoms with Crippen molar-refractivity contribution in [2.24, 2.45) is 0 Å². The van der Waals surface area contributed by atoms with Crippen molar-refractivity contribution < 1.29 is 18.6 Å². The number of hydrogen-bond donors (Lipinski definition) is 2. The van der Waals surface area contributed by atoms with E-state index in [-0.39, 0.29) is 30.3 Å². The molecule has 2 atom stereocenters. The van der Waals surface area contributed by atoms with Crippen LogP contribution in [0.2, 0.25) is 0 Å². The standard InChI is InChI=1S/C17H23N5O4/c1-3-18-17(24)15-6-13(9-22(15)8-12-4-5-25-10-12)19-16(23)7-14-11(2)20-26-21-14/h4-5,10,13,15H,3,6-9H2,1-2H3,(H,18,24)(H,19,23)/t13-,15+/m1/s1. The van der Waals surface area contributed by atoms with Gasteiger partial charge in [0.05, 0.1) is 25.0 Å². The van der Waals surface area contributed by atoms with Crippen LogP contribution in [0.3, 0.4) is 0 Å². The van der Waals surface area contributed by atoms with E-state index in [9.17, 15) is 9.59 Å². The molecule has 0 saturated carbocycles. The molecule has 140 valence electrons. The largest absolute Gasteiger partial charge is 0.472 e. The summed E-state index contributed by atoms with van der Waals surface area (Å²) in [5.41, 5.74) is 2.12. The Morgan fingerprint density at radius 1 is 1.38 bits per heavy atom. The highest BCUT2D eigenvalue weighted by molar-refractivity contribution is 5.83. The van der Waals surface area contributed by atoms with Gasteiger partial charge in [0.1, 0.15) is 11.4 Å². The normalized spacial score (nSPS) is 20.2. The quantitative estimate of drug-likeness (QED) is 0.734. The molecule has 1 aliphatic heterocycles. The fourth-order valence-corrected chi connectivity index (χ4v) is 3.21. The number of carbonyl (C=O) groups is 2. The molecule has 0 bridgehead atoms. The van der Waals surface area contributed by atoms with E-state index in [2.05, 4.69) is 30.5 Å². The fourth-order valence-electron chi connectivity index (χ4n) is 3.21. The van der Waals surface area contributed by atoms with Crippen LogP contribution in [-0.4, -0.2) is 52.2 Å².